The molecule has 0 radical (unpaired) electrons. The van der Waals surface area contributed by atoms with Gasteiger partial charge in [0.05, 0.1) is 13.0 Å². The Kier molecular flexibility index (Phi) is 2.67. The summed E-state index contributed by atoms with van der Waals surface area (Å²) >= 11 is 0. The minimum absolute atomic E-state index is 0.0782. The van der Waals surface area contributed by atoms with Crippen LogP contribution in [0.25, 0.3) is 0 Å². The standard InChI is InChI=1S/C10H13NO5/c12-7-5-8(13)11(6-7)10(9(14)15)1-3-16-4-2-10/h1-6H2,(H,14,15). The fraction of sp³-hybridized carbons (Fsp3) is 0.700. The quantitative estimate of drug-likeness (QED) is 0.638. The zero-order valence-corrected chi connectivity index (χ0v) is 8.77. The van der Waals surface area contributed by atoms with Gasteiger partial charge >= 0.3 is 5.97 Å². The number of hydrogen-bond donors (Lipinski definition) is 1. The van der Waals surface area contributed by atoms with Gasteiger partial charge < -0.3 is 14.7 Å². The number of ketones is 1. The monoisotopic (exact) mass is 227 g/mol. The highest BCUT2D eigenvalue weighted by Crippen LogP contribution is 2.31. The fourth-order valence-electron chi connectivity index (χ4n) is 2.28. The summed E-state index contributed by atoms with van der Waals surface area (Å²) in [5.41, 5.74) is -1.23. The van der Waals surface area contributed by atoms with Gasteiger partial charge in [-0.2, -0.15) is 0 Å². The second-order valence-corrected chi connectivity index (χ2v) is 4.14. The van der Waals surface area contributed by atoms with Gasteiger partial charge in [0, 0.05) is 26.1 Å². The number of carbonyl (C=O) groups is 3. The molecule has 0 aliphatic carbocycles. The van der Waals surface area contributed by atoms with E-state index in [9.17, 15) is 19.5 Å². The molecular weight excluding hydrogens is 214 g/mol. The second kappa shape index (κ2) is 3.86. The van der Waals surface area contributed by atoms with E-state index in [-0.39, 0.29) is 37.5 Å². The number of likely N-dealkylation sites (tertiary alicyclic amines) is 1. The molecule has 6 nitrogen and oxygen atoms in total. The maximum absolute atomic E-state index is 11.6. The van der Waals surface area contributed by atoms with Crippen LogP contribution in [0, 0.1) is 0 Å². The van der Waals surface area contributed by atoms with Crippen molar-refractivity contribution in [1.82, 2.24) is 4.90 Å². The van der Waals surface area contributed by atoms with Gasteiger partial charge in [-0.15, -0.1) is 0 Å². The van der Waals surface area contributed by atoms with Crippen LogP contribution in [0.5, 0.6) is 0 Å². The molecule has 16 heavy (non-hydrogen) atoms. The molecule has 88 valence electrons. The molecule has 0 aromatic carbocycles. The van der Waals surface area contributed by atoms with E-state index in [1.807, 2.05) is 0 Å². The van der Waals surface area contributed by atoms with Crippen LogP contribution in [0.4, 0.5) is 0 Å². The number of hydrogen-bond acceptors (Lipinski definition) is 4. The third-order valence-electron chi connectivity index (χ3n) is 3.22. The van der Waals surface area contributed by atoms with E-state index in [2.05, 4.69) is 0 Å². The summed E-state index contributed by atoms with van der Waals surface area (Å²) in [6.07, 6.45) is 0.332. The van der Waals surface area contributed by atoms with Gasteiger partial charge in [0.25, 0.3) is 0 Å². The summed E-state index contributed by atoms with van der Waals surface area (Å²) in [4.78, 5) is 35.3. The van der Waals surface area contributed by atoms with Gasteiger partial charge in [-0.1, -0.05) is 0 Å². The number of aliphatic carboxylic acids is 1. The Hall–Kier alpha value is -1.43. The zero-order valence-electron chi connectivity index (χ0n) is 8.77. The van der Waals surface area contributed by atoms with Crippen LogP contribution in [0.1, 0.15) is 19.3 Å². The molecule has 1 amide bonds. The number of Topliss-reactive ketones (excluding diaryl/α,β-unsaturated/α-hetero) is 1. The number of amides is 1. The lowest BCUT2D eigenvalue weighted by molar-refractivity contribution is -0.163. The summed E-state index contributed by atoms with van der Waals surface area (Å²) in [5.74, 6) is -1.63. The van der Waals surface area contributed by atoms with Crippen LogP contribution in [0.2, 0.25) is 0 Å². The normalized spacial score (nSPS) is 24.9. The lowest BCUT2D eigenvalue weighted by atomic mass is 9.88. The molecule has 6 heteroatoms. The summed E-state index contributed by atoms with van der Waals surface area (Å²) in [6, 6.07) is 0. The first-order valence-electron chi connectivity index (χ1n) is 5.19. The SMILES string of the molecule is O=C1CC(=O)N(C2(C(=O)O)CCOCC2)C1. The predicted octanol–water partition coefficient (Wildman–Crippen LogP) is -0.578. The summed E-state index contributed by atoms with van der Waals surface area (Å²) in [7, 11) is 0. The number of carboxylic acid groups (broad SMARTS) is 1. The predicted molar refractivity (Wildman–Crippen MR) is 51.8 cm³/mol. The lowest BCUT2D eigenvalue weighted by Crippen LogP contribution is -2.58. The smallest absolute Gasteiger partial charge is 0.329 e. The number of rotatable bonds is 2. The van der Waals surface area contributed by atoms with Crippen molar-refractivity contribution < 1.29 is 24.2 Å². The van der Waals surface area contributed by atoms with Gasteiger partial charge in [0.1, 0.15) is 5.54 Å². The van der Waals surface area contributed by atoms with E-state index in [1.165, 1.54) is 4.90 Å². The van der Waals surface area contributed by atoms with Crippen molar-refractivity contribution in [3.63, 3.8) is 0 Å². The van der Waals surface area contributed by atoms with Crippen molar-refractivity contribution in [3.8, 4) is 0 Å². The highest BCUT2D eigenvalue weighted by Gasteiger charge is 2.50. The second-order valence-electron chi connectivity index (χ2n) is 4.14. The minimum atomic E-state index is -1.23. The molecule has 2 aliphatic heterocycles. The number of ether oxygens (including phenoxy) is 1. The van der Waals surface area contributed by atoms with Crippen molar-refractivity contribution in [1.29, 1.82) is 0 Å². The van der Waals surface area contributed by atoms with Crippen LogP contribution < -0.4 is 0 Å². The largest absolute Gasteiger partial charge is 0.479 e. The molecule has 0 bridgehead atoms. The molecule has 0 spiro atoms. The highest BCUT2D eigenvalue weighted by atomic mass is 16.5. The van der Waals surface area contributed by atoms with E-state index in [0.717, 1.165) is 0 Å². The third-order valence-corrected chi connectivity index (χ3v) is 3.22. The Labute approximate surface area is 92.2 Å². The topological polar surface area (TPSA) is 83.9 Å². The van der Waals surface area contributed by atoms with Crippen molar-refractivity contribution in [2.75, 3.05) is 19.8 Å². The first kappa shape index (κ1) is 11.1. The Bertz CT molecular complexity index is 345. The summed E-state index contributed by atoms with van der Waals surface area (Å²) in [6.45, 7) is 0.541. The van der Waals surface area contributed by atoms with E-state index in [0.29, 0.717) is 13.2 Å². The first-order chi connectivity index (χ1) is 7.56. The van der Waals surface area contributed by atoms with Crippen molar-refractivity contribution in [3.05, 3.63) is 0 Å². The molecule has 2 fully saturated rings. The summed E-state index contributed by atoms with van der Waals surface area (Å²) < 4.78 is 5.11. The van der Waals surface area contributed by atoms with Crippen molar-refractivity contribution in [2.24, 2.45) is 0 Å². The van der Waals surface area contributed by atoms with Gasteiger partial charge in [-0.05, 0) is 0 Å². The Balaban J connectivity index is 2.28. The molecule has 2 rings (SSSR count). The molecule has 0 saturated carbocycles. The summed E-state index contributed by atoms with van der Waals surface area (Å²) in [5, 5.41) is 9.29. The number of carboxylic acids is 1. The fourth-order valence-corrected chi connectivity index (χ4v) is 2.28. The van der Waals surface area contributed by atoms with E-state index < -0.39 is 11.5 Å². The van der Waals surface area contributed by atoms with E-state index in [4.69, 9.17) is 4.74 Å². The molecule has 2 heterocycles. The highest BCUT2D eigenvalue weighted by molar-refractivity contribution is 6.07. The molecule has 0 unspecified atom stereocenters. The van der Waals surface area contributed by atoms with Crippen molar-refractivity contribution in [2.45, 2.75) is 24.8 Å². The zero-order chi connectivity index (χ0) is 11.8. The Morgan fingerprint density at radius 3 is 2.38 bits per heavy atom. The van der Waals surface area contributed by atoms with Gasteiger partial charge in [0.15, 0.2) is 5.78 Å². The number of nitrogens with zero attached hydrogens (tertiary/aromatic N) is 1. The molecule has 2 aliphatic rings. The minimum Gasteiger partial charge on any atom is -0.479 e. The Morgan fingerprint density at radius 1 is 1.31 bits per heavy atom. The average molecular weight is 227 g/mol. The van der Waals surface area contributed by atoms with Crippen LogP contribution >= 0.6 is 0 Å². The van der Waals surface area contributed by atoms with Crippen LogP contribution in [-0.2, 0) is 19.1 Å². The van der Waals surface area contributed by atoms with E-state index >= 15 is 0 Å². The van der Waals surface area contributed by atoms with E-state index in [1.54, 1.807) is 0 Å². The molecule has 1 N–H and O–H groups in total. The molecule has 2 saturated heterocycles. The van der Waals surface area contributed by atoms with Gasteiger partial charge in [0.2, 0.25) is 5.91 Å². The third kappa shape index (κ3) is 1.59. The lowest BCUT2D eigenvalue weighted by Gasteiger charge is -2.40. The van der Waals surface area contributed by atoms with Crippen LogP contribution in [-0.4, -0.2) is 53.0 Å². The number of carbonyl (C=O) groups excluding carboxylic acids is 2. The van der Waals surface area contributed by atoms with Gasteiger partial charge in [-0.3, -0.25) is 9.59 Å². The molecule has 0 atom stereocenters. The maximum Gasteiger partial charge on any atom is 0.329 e. The average Bonchev–Trinajstić information content (AvgIpc) is 2.59. The molecular formula is C10H13NO5. The van der Waals surface area contributed by atoms with Crippen molar-refractivity contribution >= 4 is 17.7 Å². The maximum atomic E-state index is 11.6. The van der Waals surface area contributed by atoms with Crippen LogP contribution in [0.15, 0.2) is 0 Å². The first-order valence-corrected chi connectivity index (χ1v) is 5.19. The Morgan fingerprint density at radius 2 is 1.94 bits per heavy atom. The van der Waals surface area contributed by atoms with Gasteiger partial charge in [-0.25, -0.2) is 4.79 Å². The molecule has 0 aromatic heterocycles. The van der Waals surface area contributed by atoms with Crippen LogP contribution in [0.3, 0.4) is 0 Å². The molecule has 0 aromatic rings.